The SMILES string of the molecule is ClC(c1cccc(I)c1)c1cnn(-c2ccccc2)c1. The summed E-state index contributed by atoms with van der Waals surface area (Å²) >= 11 is 8.84. The molecule has 0 spiro atoms. The van der Waals surface area contributed by atoms with Crippen LogP contribution in [-0.2, 0) is 0 Å². The van der Waals surface area contributed by atoms with Crippen molar-refractivity contribution in [1.82, 2.24) is 9.78 Å². The van der Waals surface area contributed by atoms with Crippen LogP contribution in [0.15, 0.2) is 67.0 Å². The summed E-state index contributed by atoms with van der Waals surface area (Å²) < 4.78 is 3.03. The van der Waals surface area contributed by atoms with Gasteiger partial charge in [0.2, 0.25) is 0 Å². The zero-order valence-corrected chi connectivity index (χ0v) is 13.5. The van der Waals surface area contributed by atoms with Crippen LogP contribution in [-0.4, -0.2) is 9.78 Å². The molecule has 4 heteroatoms. The van der Waals surface area contributed by atoms with Crippen LogP contribution in [0.1, 0.15) is 16.5 Å². The van der Waals surface area contributed by atoms with Gasteiger partial charge in [0.05, 0.1) is 17.3 Å². The molecule has 100 valence electrons. The lowest BCUT2D eigenvalue weighted by atomic mass is 10.1. The molecule has 0 fully saturated rings. The minimum Gasteiger partial charge on any atom is -0.241 e. The van der Waals surface area contributed by atoms with E-state index >= 15 is 0 Å². The van der Waals surface area contributed by atoms with Crippen LogP contribution in [0.2, 0.25) is 0 Å². The fraction of sp³-hybridized carbons (Fsp3) is 0.0625. The van der Waals surface area contributed by atoms with Gasteiger partial charge in [-0.3, -0.25) is 0 Å². The van der Waals surface area contributed by atoms with Crippen molar-refractivity contribution in [2.45, 2.75) is 5.38 Å². The van der Waals surface area contributed by atoms with Crippen molar-refractivity contribution in [1.29, 1.82) is 0 Å². The van der Waals surface area contributed by atoms with Gasteiger partial charge in [-0.25, -0.2) is 4.68 Å². The number of rotatable bonds is 3. The van der Waals surface area contributed by atoms with Gasteiger partial charge in [-0.15, -0.1) is 11.6 Å². The number of alkyl halides is 1. The number of halogens is 2. The average Bonchev–Trinajstić information content (AvgIpc) is 2.97. The molecule has 0 bridgehead atoms. The van der Waals surface area contributed by atoms with Gasteiger partial charge < -0.3 is 0 Å². The van der Waals surface area contributed by atoms with Crippen molar-refractivity contribution in [3.05, 3.63) is 81.7 Å². The van der Waals surface area contributed by atoms with Crippen LogP contribution >= 0.6 is 34.2 Å². The summed E-state index contributed by atoms with van der Waals surface area (Å²) in [5.74, 6) is 0. The van der Waals surface area contributed by atoms with Crippen molar-refractivity contribution < 1.29 is 0 Å². The third-order valence-electron chi connectivity index (χ3n) is 3.06. The van der Waals surface area contributed by atoms with Crippen molar-refractivity contribution in [2.24, 2.45) is 0 Å². The standard InChI is InChI=1S/C16H12ClIN2/c17-16(12-5-4-6-14(18)9-12)13-10-19-20(11-13)15-7-2-1-3-8-15/h1-11,16H. The van der Waals surface area contributed by atoms with Gasteiger partial charge in [0, 0.05) is 15.3 Å². The second kappa shape index (κ2) is 5.97. The van der Waals surface area contributed by atoms with E-state index in [1.54, 1.807) is 0 Å². The summed E-state index contributed by atoms with van der Waals surface area (Å²) in [5.41, 5.74) is 3.12. The predicted octanol–water partition coefficient (Wildman–Crippen LogP) is 4.81. The van der Waals surface area contributed by atoms with Crippen LogP contribution in [0.3, 0.4) is 0 Å². The minimum atomic E-state index is -0.179. The highest BCUT2D eigenvalue weighted by Gasteiger charge is 2.13. The Morgan fingerprint density at radius 1 is 1.00 bits per heavy atom. The Labute approximate surface area is 136 Å². The van der Waals surface area contributed by atoms with Crippen molar-refractivity contribution >= 4 is 34.2 Å². The molecule has 0 radical (unpaired) electrons. The maximum atomic E-state index is 6.55. The number of aromatic nitrogens is 2. The van der Waals surface area contributed by atoms with Crippen LogP contribution in [0.25, 0.3) is 5.69 Å². The zero-order valence-electron chi connectivity index (χ0n) is 10.6. The normalized spacial score (nSPS) is 12.3. The molecule has 0 aliphatic heterocycles. The maximum Gasteiger partial charge on any atom is 0.0866 e. The number of nitrogens with zero attached hydrogens (tertiary/aromatic N) is 2. The Kier molecular flexibility index (Phi) is 4.08. The van der Waals surface area contributed by atoms with Gasteiger partial charge in [0.25, 0.3) is 0 Å². The summed E-state index contributed by atoms with van der Waals surface area (Å²) in [6.07, 6.45) is 3.80. The van der Waals surface area contributed by atoms with Gasteiger partial charge in [-0.05, 0) is 52.4 Å². The molecule has 0 aliphatic carbocycles. The Morgan fingerprint density at radius 2 is 1.80 bits per heavy atom. The molecule has 0 amide bonds. The van der Waals surface area contributed by atoms with Gasteiger partial charge in [-0.1, -0.05) is 30.3 Å². The fourth-order valence-corrected chi connectivity index (χ4v) is 2.86. The van der Waals surface area contributed by atoms with Crippen LogP contribution in [0.4, 0.5) is 0 Å². The molecule has 1 aromatic heterocycles. The Hall–Kier alpha value is -1.33. The lowest BCUT2D eigenvalue weighted by Gasteiger charge is -2.07. The van der Waals surface area contributed by atoms with Gasteiger partial charge in [-0.2, -0.15) is 5.10 Å². The summed E-state index contributed by atoms with van der Waals surface area (Å²) in [6.45, 7) is 0. The molecule has 0 N–H and O–H groups in total. The molecular weight excluding hydrogens is 383 g/mol. The lowest BCUT2D eigenvalue weighted by Crippen LogP contribution is -1.94. The topological polar surface area (TPSA) is 17.8 Å². The summed E-state index contributed by atoms with van der Waals surface area (Å²) in [4.78, 5) is 0. The summed E-state index contributed by atoms with van der Waals surface area (Å²) in [6, 6.07) is 18.2. The molecule has 0 saturated carbocycles. The first-order chi connectivity index (χ1) is 9.74. The van der Waals surface area contributed by atoms with E-state index in [1.807, 2.05) is 59.5 Å². The third-order valence-corrected chi connectivity index (χ3v) is 4.23. The molecule has 1 heterocycles. The lowest BCUT2D eigenvalue weighted by molar-refractivity contribution is 0.880. The molecule has 0 aliphatic rings. The number of benzene rings is 2. The van der Waals surface area contributed by atoms with E-state index in [0.717, 1.165) is 16.8 Å². The smallest absolute Gasteiger partial charge is 0.0866 e. The first-order valence-corrected chi connectivity index (χ1v) is 7.75. The number of hydrogen-bond acceptors (Lipinski definition) is 1. The first kappa shape index (κ1) is 13.6. The van der Waals surface area contributed by atoms with E-state index < -0.39 is 0 Å². The van der Waals surface area contributed by atoms with Gasteiger partial charge >= 0.3 is 0 Å². The van der Waals surface area contributed by atoms with E-state index in [-0.39, 0.29) is 5.38 Å². The molecule has 20 heavy (non-hydrogen) atoms. The van der Waals surface area contributed by atoms with Gasteiger partial charge in [0.15, 0.2) is 0 Å². The van der Waals surface area contributed by atoms with Crippen molar-refractivity contribution in [3.8, 4) is 5.69 Å². The quantitative estimate of drug-likeness (QED) is 0.461. The third kappa shape index (κ3) is 2.88. The molecule has 1 unspecified atom stereocenters. The second-order valence-corrected chi connectivity index (χ2v) is 6.15. The summed E-state index contributed by atoms with van der Waals surface area (Å²) in [7, 11) is 0. The first-order valence-electron chi connectivity index (χ1n) is 6.23. The Bertz CT molecular complexity index is 709. The number of hydrogen-bond donors (Lipinski definition) is 0. The van der Waals surface area contributed by atoms with Crippen LogP contribution in [0, 0.1) is 3.57 Å². The highest BCUT2D eigenvalue weighted by molar-refractivity contribution is 14.1. The molecule has 0 saturated heterocycles. The van der Waals surface area contributed by atoms with E-state index in [2.05, 4.69) is 39.8 Å². The molecule has 1 atom stereocenters. The van der Waals surface area contributed by atoms with Gasteiger partial charge in [0.1, 0.15) is 0 Å². The van der Waals surface area contributed by atoms with E-state index in [4.69, 9.17) is 11.6 Å². The van der Waals surface area contributed by atoms with Crippen LogP contribution < -0.4 is 0 Å². The second-order valence-electron chi connectivity index (χ2n) is 4.47. The monoisotopic (exact) mass is 394 g/mol. The fourth-order valence-electron chi connectivity index (χ4n) is 2.05. The summed E-state index contributed by atoms with van der Waals surface area (Å²) in [5, 5.41) is 4.21. The zero-order chi connectivity index (χ0) is 13.9. The molecule has 3 aromatic rings. The minimum absolute atomic E-state index is 0.179. The Morgan fingerprint density at radius 3 is 2.55 bits per heavy atom. The Balaban J connectivity index is 1.90. The molecule has 2 aromatic carbocycles. The van der Waals surface area contributed by atoms with Crippen LogP contribution in [0.5, 0.6) is 0 Å². The largest absolute Gasteiger partial charge is 0.241 e. The molecule has 3 rings (SSSR count). The molecule has 2 nitrogen and oxygen atoms in total. The van der Waals surface area contributed by atoms with E-state index in [1.165, 1.54) is 3.57 Å². The predicted molar refractivity (Wildman–Crippen MR) is 90.4 cm³/mol. The number of para-hydroxylation sites is 1. The van der Waals surface area contributed by atoms with E-state index in [9.17, 15) is 0 Å². The maximum absolute atomic E-state index is 6.55. The molecular formula is C16H12ClIN2. The van der Waals surface area contributed by atoms with Crippen molar-refractivity contribution in [3.63, 3.8) is 0 Å². The van der Waals surface area contributed by atoms with Crippen molar-refractivity contribution in [2.75, 3.05) is 0 Å². The average molecular weight is 395 g/mol. The van der Waals surface area contributed by atoms with E-state index in [0.29, 0.717) is 0 Å². The highest BCUT2D eigenvalue weighted by atomic mass is 127. The highest BCUT2D eigenvalue weighted by Crippen LogP contribution is 2.29.